The van der Waals surface area contributed by atoms with Crippen molar-refractivity contribution in [2.75, 3.05) is 0 Å². The van der Waals surface area contributed by atoms with E-state index in [1.165, 1.54) is 15.5 Å². The van der Waals surface area contributed by atoms with Crippen LogP contribution in [0.1, 0.15) is 0 Å². The van der Waals surface area contributed by atoms with Gasteiger partial charge in [0.2, 0.25) is 0 Å². The molecule has 0 saturated heterocycles. The number of fused-ring (bicyclic) bond motifs is 3. The fourth-order valence-corrected chi connectivity index (χ4v) is 2.85. The third-order valence-corrected chi connectivity index (χ3v) is 3.50. The van der Waals surface area contributed by atoms with Gasteiger partial charge in [-0.1, -0.05) is 18.2 Å². The molecule has 0 unspecified atom stereocenters. The number of benzene rings is 2. The lowest BCUT2D eigenvalue weighted by atomic mass is 10.1. The highest BCUT2D eigenvalue weighted by Gasteiger charge is 2.03. The van der Waals surface area contributed by atoms with Crippen molar-refractivity contribution < 1.29 is 5.11 Å². The molecule has 68 valence electrons. The Labute approximate surface area is 85.2 Å². The fourth-order valence-electron chi connectivity index (χ4n) is 1.71. The maximum absolute atomic E-state index is 9.36. The first kappa shape index (κ1) is 7.83. The van der Waals surface area contributed by atoms with Crippen molar-refractivity contribution in [1.29, 1.82) is 0 Å². The van der Waals surface area contributed by atoms with Crippen LogP contribution in [0.15, 0.2) is 42.5 Å². The Hall–Kier alpha value is -1.54. The van der Waals surface area contributed by atoms with Crippen LogP contribution in [0.2, 0.25) is 0 Å². The average molecular weight is 200 g/mol. The van der Waals surface area contributed by atoms with E-state index in [-0.39, 0.29) is 0 Å². The quantitative estimate of drug-likeness (QED) is 0.585. The third-order valence-electron chi connectivity index (χ3n) is 2.36. The van der Waals surface area contributed by atoms with Crippen LogP contribution in [0, 0.1) is 0 Å². The monoisotopic (exact) mass is 200 g/mol. The molecule has 14 heavy (non-hydrogen) atoms. The fraction of sp³-hybridized carbons (Fsp3) is 0. The molecule has 0 saturated carbocycles. The lowest BCUT2D eigenvalue weighted by Crippen LogP contribution is -1.65. The number of hydrogen-bond donors (Lipinski definition) is 1. The van der Waals surface area contributed by atoms with E-state index in [2.05, 4.69) is 12.1 Å². The van der Waals surface area contributed by atoms with Crippen LogP contribution < -0.4 is 0 Å². The van der Waals surface area contributed by atoms with Gasteiger partial charge in [0.25, 0.3) is 0 Å². The zero-order chi connectivity index (χ0) is 9.54. The molecule has 3 aromatic rings. The van der Waals surface area contributed by atoms with Crippen molar-refractivity contribution in [2.24, 2.45) is 0 Å². The first-order chi connectivity index (χ1) is 6.84. The van der Waals surface area contributed by atoms with E-state index in [0.717, 1.165) is 4.70 Å². The Balaban J connectivity index is 2.57. The van der Waals surface area contributed by atoms with Gasteiger partial charge in [0.1, 0.15) is 5.75 Å². The van der Waals surface area contributed by atoms with Gasteiger partial charge in [-0.2, -0.15) is 0 Å². The zero-order valence-electron chi connectivity index (χ0n) is 7.40. The lowest BCUT2D eigenvalue weighted by molar-refractivity contribution is 0.476. The van der Waals surface area contributed by atoms with Crippen LogP contribution in [0.4, 0.5) is 0 Å². The van der Waals surface area contributed by atoms with Crippen LogP contribution in [-0.2, 0) is 0 Å². The first-order valence-corrected chi connectivity index (χ1v) is 5.26. The van der Waals surface area contributed by atoms with E-state index in [4.69, 9.17) is 0 Å². The minimum atomic E-state index is 0.337. The predicted molar refractivity (Wildman–Crippen MR) is 61.0 cm³/mol. The van der Waals surface area contributed by atoms with E-state index >= 15 is 0 Å². The summed E-state index contributed by atoms with van der Waals surface area (Å²) in [5.74, 6) is 0.337. The number of aromatic hydroxyl groups is 1. The second kappa shape index (κ2) is 2.72. The smallest absolute Gasteiger partial charge is 0.117 e. The summed E-state index contributed by atoms with van der Waals surface area (Å²) in [5.41, 5.74) is 0. The van der Waals surface area contributed by atoms with Gasteiger partial charge in [0.05, 0.1) is 0 Å². The number of phenols is 1. The van der Waals surface area contributed by atoms with Crippen LogP contribution in [0.25, 0.3) is 20.2 Å². The summed E-state index contributed by atoms with van der Waals surface area (Å²) >= 11 is 1.72. The highest BCUT2D eigenvalue weighted by Crippen LogP contribution is 2.35. The molecule has 0 aliphatic rings. The molecule has 0 spiro atoms. The van der Waals surface area contributed by atoms with Gasteiger partial charge in [-0.05, 0) is 24.3 Å². The summed E-state index contributed by atoms with van der Waals surface area (Å²) in [6.45, 7) is 0. The van der Waals surface area contributed by atoms with Crippen molar-refractivity contribution in [1.82, 2.24) is 0 Å². The van der Waals surface area contributed by atoms with Gasteiger partial charge in [0.15, 0.2) is 0 Å². The van der Waals surface area contributed by atoms with E-state index in [1.807, 2.05) is 24.3 Å². The van der Waals surface area contributed by atoms with Gasteiger partial charge in [-0.3, -0.25) is 0 Å². The summed E-state index contributed by atoms with van der Waals surface area (Å²) in [4.78, 5) is 0. The molecule has 0 aliphatic heterocycles. The van der Waals surface area contributed by atoms with Crippen molar-refractivity contribution >= 4 is 31.5 Å². The van der Waals surface area contributed by atoms with E-state index < -0.39 is 0 Å². The van der Waals surface area contributed by atoms with Crippen molar-refractivity contribution in [3.63, 3.8) is 0 Å². The van der Waals surface area contributed by atoms with Gasteiger partial charge >= 0.3 is 0 Å². The topological polar surface area (TPSA) is 20.2 Å². The number of thiophene rings is 1. The molecule has 0 aliphatic carbocycles. The minimum Gasteiger partial charge on any atom is -0.508 e. The van der Waals surface area contributed by atoms with E-state index in [1.54, 1.807) is 17.4 Å². The molecule has 3 rings (SSSR count). The SMILES string of the molecule is Oc1ccc2c(c1)sc1ccccc12. The Morgan fingerprint density at radius 1 is 0.857 bits per heavy atom. The van der Waals surface area contributed by atoms with Crippen molar-refractivity contribution in [2.45, 2.75) is 0 Å². The summed E-state index contributed by atoms with van der Waals surface area (Å²) in [6.07, 6.45) is 0. The molecule has 2 heteroatoms. The average Bonchev–Trinajstić information content (AvgIpc) is 2.54. The molecule has 0 amide bonds. The van der Waals surface area contributed by atoms with Gasteiger partial charge in [-0.25, -0.2) is 0 Å². The molecular weight excluding hydrogens is 192 g/mol. The maximum Gasteiger partial charge on any atom is 0.117 e. The number of hydrogen-bond acceptors (Lipinski definition) is 2. The Bertz CT molecular complexity index is 610. The van der Waals surface area contributed by atoms with Gasteiger partial charge in [0, 0.05) is 20.2 Å². The third kappa shape index (κ3) is 1.01. The highest BCUT2D eigenvalue weighted by molar-refractivity contribution is 7.25. The molecule has 1 N–H and O–H groups in total. The van der Waals surface area contributed by atoms with Gasteiger partial charge < -0.3 is 5.11 Å². The summed E-state index contributed by atoms with van der Waals surface area (Å²) in [5, 5.41) is 11.9. The molecule has 1 heterocycles. The Kier molecular flexibility index (Phi) is 1.52. The molecule has 0 bridgehead atoms. The Morgan fingerprint density at radius 3 is 2.57 bits per heavy atom. The molecule has 1 aromatic heterocycles. The van der Waals surface area contributed by atoms with Crippen molar-refractivity contribution in [3.05, 3.63) is 42.5 Å². The standard InChI is InChI=1S/C12H8OS/c13-8-5-6-10-9-3-1-2-4-11(9)14-12(10)7-8/h1-7,13H. The molecular formula is C12H8OS. The Morgan fingerprint density at radius 2 is 1.64 bits per heavy atom. The zero-order valence-corrected chi connectivity index (χ0v) is 8.21. The second-order valence-electron chi connectivity index (χ2n) is 3.28. The van der Waals surface area contributed by atoms with Crippen LogP contribution in [0.5, 0.6) is 5.75 Å². The first-order valence-electron chi connectivity index (χ1n) is 4.45. The highest BCUT2D eigenvalue weighted by atomic mass is 32.1. The normalized spacial score (nSPS) is 11.1. The van der Waals surface area contributed by atoms with Crippen molar-refractivity contribution in [3.8, 4) is 5.75 Å². The minimum absolute atomic E-state index is 0.337. The van der Waals surface area contributed by atoms with E-state index in [0.29, 0.717) is 5.75 Å². The molecule has 0 fully saturated rings. The molecule has 1 nitrogen and oxygen atoms in total. The largest absolute Gasteiger partial charge is 0.508 e. The molecule has 2 aromatic carbocycles. The van der Waals surface area contributed by atoms with Gasteiger partial charge in [-0.15, -0.1) is 11.3 Å². The maximum atomic E-state index is 9.36. The number of rotatable bonds is 0. The second-order valence-corrected chi connectivity index (χ2v) is 4.36. The van der Waals surface area contributed by atoms with Crippen LogP contribution >= 0.6 is 11.3 Å². The number of phenolic OH excluding ortho intramolecular Hbond substituents is 1. The molecule has 0 radical (unpaired) electrons. The molecule has 0 atom stereocenters. The summed E-state index contributed by atoms with van der Waals surface area (Å²) in [6, 6.07) is 13.8. The van der Waals surface area contributed by atoms with E-state index in [9.17, 15) is 5.11 Å². The lowest BCUT2D eigenvalue weighted by Gasteiger charge is -1.91. The van der Waals surface area contributed by atoms with Crippen LogP contribution in [0.3, 0.4) is 0 Å². The summed E-state index contributed by atoms with van der Waals surface area (Å²) in [7, 11) is 0. The summed E-state index contributed by atoms with van der Waals surface area (Å²) < 4.78 is 2.42. The predicted octanol–water partition coefficient (Wildman–Crippen LogP) is 3.76. The van der Waals surface area contributed by atoms with Crippen LogP contribution in [-0.4, -0.2) is 5.11 Å².